The molecule has 0 radical (unpaired) electrons. The van der Waals surface area contributed by atoms with Crippen molar-refractivity contribution in [2.75, 3.05) is 27.9 Å². The lowest BCUT2D eigenvalue weighted by atomic mass is 9.51. The summed E-state index contributed by atoms with van der Waals surface area (Å²) < 4.78 is 17.5. The molecule has 4 heteroatoms. The van der Waals surface area contributed by atoms with Crippen molar-refractivity contribution in [1.82, 2.24) is 0 Å². The van der Waals surface area contributed by atoms with Crippen LogP contribution in [0.1, 0.15) is 63.4 Å². The van der Waals surface area contributed by atoms with E-state index in [1.807, 2.05) is 13.2 Å². The van der Waals surface area contributed by atoms with Crippen molar-refractivity contribution in [1.29, 1.82) is 0 Å². The molecule has 32 heavy (non-hydrogen) atoms. The Labute approximate surface area is 192 Å². The Morgan fingerprint density at radius 2 is 1.81 bits per heavy atom. The number of ketones is 1. The molecular formula is C28H36O4. The van der Waals surface area contributed by atoms with Crippen LogP contribution < -0.4 is 4.74 Å². The fraction of sp³-hybridized carbons (Fsp3) is 0.607. The number of hydrogen-bond donors (Lipinski definition) is 0. The highest BCUT2D eigenvalue weighted by atomic mass is 16.5. The van der Waals surface area contributed by atoms with E-state index < -0.39 is 0 Å². The monoisotopic (exact) mass is 436 g/mol. The summed E-state index contributed by atoms with van der Waals surface area (Å²) in [5.74, 6) is 2.66. The van der Waals surface area contributed by atoms with E-state index in [0.29, 0.717) is 36.6 Å². The third kappa shape index (κ3) is 3.13. The summed E-state index contributed by atoms with van der Waals surface area (Å²) in [5, 5.41) is 0. The number of allylic oxidation sites excluding steroid dienone is 4. The second-order valence-corrected chi connectivity index (χ2v) is 10.4. The van der Waals surface area contributed by atoms with E-state index in [-0.39, 0.29) is 11.0 Å². The zero-order chi connectivity index (χ0) is 22.5. The number of benzene rings is 1. The van der Waals surface area contributed by atoms with Crippen LogP contribution in [-0.4, -0.2) is 39.3 Å². The van der Waals surface area contributed by atoms with Gasteiger partial charge < -0.3 is 14.2 Å². The first-order chi connectivity index (χ1) is 15.5. The summed E-state index contributed by atoms with van der Waals surface area (Å²) in [5.41, 5.74) is 5.57. The molecule has 0 bridgehead atoms. The average Bonchev–Trinajstić information content (AvgIpc) is 3.10. The summed E-state index contributed by atoms with van der Waals surface area (Å²) in [6.45, 7) is 3.10. The molecule has 4 aliphatic carbocycles. The van der Waals surface area contributed by atoms with Crippen molar-refractivity contribution in [2.45, 2.75) is 63.4 Å². The van der Waals surface area contributed by atoms with Crippen LogP contribution in [0, 0.1) is 17.3 Å². The van der Waals surface area contributed by atoms with E-state index in [1.165, 1.54) is 23.1 Å². The van der Waals surface area contributed by atoms with E-state index in [1.54, 1.807) is 19.8 Å². The Kier molecular flexibility index (Phi) is 5.58. The molecule has 0 aliphatic heterocycles. The van der Waals surface area contributed by atoms with Crippen molar-refractivity contribution in [2.24, 2.45) is 17.3 Å². The Balaban J connectivity index is 1.66. The molecule has 0 aromatic heterocycles. The number of hydrogen-bond acceptors (Lipinski definition) is 4. The first kappa shape index (κ1) is 21.9. The lowest BCUT2D eigenvalue weighted by Crippen LogP contribution is -2.54. The van der Waals surface area contributed by atoms with Gasteiger partial charge in [-0.3, -0.25) is 4.79 Å². The molecule has 0 amide bonds. The summed E-state index contributed by atoms with van der Waals surface area (Å²) in [4.78, 5) is 12.2. The molecule has 4 nitrogen and oxygen atoms in total. The van der Waals surface area contributed by atoms with Gasteiger partial charge in [0.05, 0.1) is 19.3 Å². The largest absolute Gasteiger partial charge is 0.497 e. The third-order valence-corrected chi connectivity index (χ3v) is 9.31. The minimum atomic E-state index is -0.244. The molecule has 172 valence electrons. The van der Waals surface area contributed by atoms with Crippen LogP contribution in [0.2, 0.25) is 0 Å². The maximum absolute atomic E-state index is 12.2. The highest BCUT2D eigenvalue weighted by Gasteiger charge is 2.63. The van der Waals surface area contributed by atoms with Gasteiger partial charge in [-0.1, -0.05) is 24.6 Å². The number of methoxy groups -OCH3 is 3. The number of fused-ring (bicyclic) bond motifs is 4. The molecule has 4 aliphatic rings. The first-order valence-electron chi connectivity index (χ1n) is 12.1. The second kappa shape index (κ2) is 8.14. The maximum atomic E-state index is 12.2. The minimum Gasteiger partial charge on any atom is -0.497 e. The Hall–Kier alpha value is -1.91. The first-order valence-corrected chi connectivity index (χ1v) is 12.1. The minimum absolute atomic E-state index is 0.0444. The molecule has 0 spiro atoms. The van der Waals surface area contributed by atoms with Crippen molar-refractivity contribution in [3.05, 3.63) is 52.6 Å². The van der Waals surface area contributed by atoms with Crippen LogP contribution in [0.25, 0.3) is 0 Å². The summed E-state index contributed by atoms with van der Waals surface area (Å²) in [6, 6.07) is 8.65. The Bertz CT molecular complexity index is 958. The van der Waals surface area contributed by atoms with Gasteiger partial charge in [-0.05, 0) is 85.3 Å². The Morgan fingerprint density at radius 1 is 1.03 bits per heavy atom. The van der Waals surface area contributed by atoms with Crippen LogP contribution in [0.15, 0.2) is 47.1 Å². The van der Waals surface area contributed by atoms with Crippen molar-refractivity contribution >= 4 is 5.78 Å². The summed E-state index contributed by atoms with van der Waals surface area (Å²) in [7, 11) is 5.39. The van der Waals surface area contributed by atoms with E-state index in [9.17, 15) is 4.79 Å². The van der Waals surface area contributed by atoms with Crippen LogP contribution >= 0.6 is 0 Å². The number of ether oxygens (including phenoxy) is 3. The van der Waals surface area contributed by atoms with Gasteiger partial charge in [-0.2, -0.15) is 0 Å². The van der Waals surface area contributed by atoms with Gasteiger partial charge in [0.25, 0.3) is 0 Å². The zero-order valence-electron chi connectivity index (χ0n) is 19.9. The van der Waals surface area contributed by atoms with E-state index in [0.717, 1.165) is 37.9 Å². The molecule has 1 aromatic rings. The van der Waals surface area contributed by atoms with Gasteiger partial charge in [-0.15, -0.1) is 0 Å². The number of carbonyl (C=O) groups excluding carboxylic acids is 1. The van der Waals surface area contributed by atoms with Crippen molar-refractivity contribution in [3.8, 4) is 5.75 Å². The quantitative estimate of drug-likeness (QED) is 0.600. The zero-order valence-corrected chi connectivity index (χ0v) is 19.9. The number of rotatable bonds is 5. The van der Waals surface area contributed by atoms with Crippen LogP contribution in [0.5, 0.6) is 5.75 Å². The predicted molar refractivity (Wildman–Crippen MR) is 125 cm³/mol. The fourth-order valence-electron chi connectivity index (χ4n) is 7.74. The molecule has 2 saturated carbocycles. The van der Waals surface area contributed by atoms with E-state index >= 15 is 0 Å². The highest BCUT2D eigenvalue weighted by molar-refractivity contribution is 5.93. The van der Waals surface area contributed by atoms with Gasteiger partial charge in [-0.25, -0.2) is 0 Å². The smallest absolute Gasteiger partial charge is 0.156 e. The second-order valence-electron chi connectivity index (χ2n) is 10.4. The van der Waals surface area contributed by atoms with Gasteiger partial charge in [0, 0.05) is 32.0 Å². The van der Waals surface area contributed by atoms with E-state index in [2.05, 4.69) is 31.2 Å². The maximum Gasteiger partial charge on any atom is 0.156 e. The lowest BCUT2D eigenvalue weighted by Gasteiger charge is -2.55. The SMILES string of the molecule is COC[C@]1(OC)CCC2C3CCC4=CC(=O)CCC4=C3C(c3ccc(OC)cc3)CC21C. The molecule has 5 rings (SSSR count). The summed E-state index contributed by atoms with van der Waals surface area (Å²) >= 11 is 0. The number of carbonyl (C=O) groups is 1. The normalized spacial score (nSPS) is 36.3. The molecule has 5 atom stereocenters. The van der Waals surface area contributed by atoms with Gasteiger partial charge in [0.1, 0.15) is 5.75 Å². The van der Waals surface area contributed by atoms with Crippen LogP contribution in [-0.2, 0) is 14.3 Å². The molecule has 0 saturated heterocycles. The van der Waals surface area contributed by atoms with Gasteiger partial charge in [0.2, 0.25) is 0 Å². The molecule has 4 unspecified atom stereocenters. The summed E-state index contributed by atoms with van der Waals surface area (Å²) in [6.07, 6.45) is 8.95. The molecule has 2 fully saturated rings. The van der Waals surface area contributed by atoms with Crippen molar-refractivity contribution in [3.63, 3.8) is 0 Å². The topological polar surface area (TPSA) is 44.8 Å². The van der Waals surface area contributed by atoms with Crippen molar-refractivity contribution < 1.29 is 19.0 Å². The molecule has 0 heterocycles. The highest BCUT2D eigenvalue weighted by Crippen LogP contribution is 2.67. The van der Waals surface area contributed by atoms with Crippen LogP contribution in [0.4, 0.5) is 0 Å². The van der Waals surface area contributed by atoms with Gasteiger partial charge in [0.15, 0.2) is 5.78 Å². The predicted octanol–water partition coefficient (Wildman–Crippen LogP) is 5.63. The molecule has 0 N–H and O–H groups in total. The molecule has 1 aromatic carbocycles. The standard InChI is InChI=1S/C28H36O4/c1-27-16-24(18-5-9-21(31-3)10-6-18)26-22-12-8-20(29)15-19(22)7-11-23(26)25(27)13-14-28(27,32-4)17-30-2/h5-6,9-10,15,23-25H,7-8,11-14,16-17H2,1-4H3/t23?,24?,25?,27?,28-/m1/s1. The third-order valence-electron chi connectivity index (χ3n) is 9.31. The Morgan fingerprint density at radius 3 is 2.50 bits per heavy atom. The van der Waals surface area contributed by atoms with Gasteiger partial charge >= 0.3 is 0 Å². The molecular weight excluding hydrogens is 400 g/mol. The fourth-order valence-corrected chi connectivity index (χ4v) is 7.74. The average molecular weight is 437 g/mol. The van der Waals surface area contributed by atoms with E-state index in [4.69, 9.17) is 14.2 Å². The lowest BCUT2D eigenvalue weighted by molar-refractivity contribution is -0.149. The van der Waals surface area contributed by atoms with Crippen LogP contribution in [0.3, 0.4) is 0 Å².